The Morgan fingerprint density at radius 3 is 0.455 bits per heavy atom. The molecule has 0 bridgehead atoms. The molecule has 0 fully saturated rings. The number of hydrogen-bond acceptors (Lipinski definition) is 6. The molecule has 0 N–H and O–H groups in total. The largest absolute Gasteiger partial charge is 2.00 e. The molecule has 0 aliphatic rings. The summed E-state index contributed by atoms with van der Waals surface area (Å²) in [6.45, 7) is 0. The van der Waals surface area contributed by atoms with Crippen molar-refractivity contribution >= 4 is 113 Å². The molecule has 0 aliphatic carbocycles. The van der Waals surface area contributed by atoms with Crippen LogP contribution in [0.5, 0.6) is 0 Å². The quantitative estimate of drug-likeness (QED) is 0.222. The average Bonchev–Trinajstić information content (AvgIpc) is 1.25. The van der Waals surface area contributed by atoms with E-state index < -0.39 is 31.4 Å². The zero-order chi connectivity index (χ0) is 7.15. The van der Waals surface area contributed by atoms with E-state index in [1.807, 2.05) is 0 Å². The molecule has 58 valence electrons. The Bertz CT molecular complexity index is 31.3. The Morgan fingerprint density at radius 1 is 0.455 bits per heavy atom. The Morgan fingerprint density at radius 2 is 0.455 bits per heavy atom. The van der Waals surface area contributed by atoms with Gasteiger partial charge in [0.1, 0.15) is 0 Å². The summed E-state index contributed by atoms with van der Waals surface area (Å²) in [5.74, 6) is 0. The Labute approximate surface area is 135 Å². The van der Waals surface area contributed by atoms with Crippen molar-refractivity contribution in [2.45, 2.75) is 0 Å². The second-order valence-electron chi connectivity index (χ2n) is 0.447. The first-order valence-corrected chi connectivity index (χ1v) is 5.69. The molecule has 0 aliphatic heterocycles. The van der Waals surface area contributed by atoms with Crippen molar-refractivity contribution in [1.82, 2.24) is 0 Å². The van der Waals surface area contributed by atoms with Crippen LogP contribution in [-0.4, -0.2) is 113 Å². The van der Waals surface area contributed by atoms with Gasteiger partial charge in [0.25, 0.3) is 0 Å². The van der Waals surface area contributed by atoms with E-state index in [0.717, 1.165) is 0 Å². The van der Waals surface area contributed by atoms with E-state index in [9.17, 15) is 0 Å². The van der Waals surface area contributed by atoms with Crippen LogP contribution in [0.15, 0.2) is 0 Å². The summed E-state index contributed by atoms with van der Waals surface area (Å²) in [7, 11) is 0. The molecule has 0 unspecified atom stereocenters. The van der Waals surface area contributed by atoms with Crippen molar-refractivity contribution in [1.29, 1.82) is 0 Å². The molecule has 0 saturated carbocycles. The molecule has 0 aromatic heterocycles. The molecular formula is As2O6Pb3. The van der Waals surface area contributed by atoms with Gasteiger partial charge in [0.15, 0.2) is 0 Å². The summed E-state index contributed by atoms with van der Waals surface area (Å²) in [5.41, 5.74) is 0. The van der Waals surface area contributed by atoms with E-state index >= 15 is 0 Å². The maximum Gasteiger partial charge on any atom is 2.00 e. The van der Waals surface area contributed by atoms with Gasteiger partial charge in [-0.1, -0.05) is 0 Å². The van der Waals surface area contributed by atoms with E-state index in [2.05, 4.69) is 0 Å². The van der Waals surface area contributed by atoms with Gasteiger partial charge in [0.05, 0.1) is 0 Å². The van der Waals surface area contributed by atoms with Gasteiger partial charge in [0, 0.05) is 0 Å². The van der Waals surface area contributed by atoms with Crippen LogP contribution < -0.4 is 24.6 Å². The van der Waals surface area contributed by atoms with Crippen molar-refractivity contribution in [3.05, 3.63) is 0 Å². The second kappa shape index (κ2) is 23.5. The fourth-order valence-corrected chi connectivity index (χ4v) is 0. The van der Waals surface area contributed by atoms with Gasteiger partial charge in [-0.2, -0.15) is 0 Å². The summed E-state index contributed by atoms with van der Waals surface area (Å²) in [5, 5.41) is 0. The van der Waals surface area contributed by atoms with Gasteiger partial charge in [-0.15, -0.1) is 0 Å². The SMILES string of the molecule is [O-][As]([O-])[O-].[O-][As]([O-])[O-].[Pb+2].[Pb+2].[Pb+2]. The standard InChI is InChI=1S/2AsO3.3Pb/c2*2-1(3)4;;;/q2*-3;3*+2. The van der Waals surface area contributed by atoms with Crippen LogP contribution in [0.3, 0.4) is 0 Å². The third-order valence-corrected chi connectivity index (χ3v) is 0. The summed E-state index contributed by atoms with van der Waals surface area (Å²) >= 11 is -7.88. The summed E-state index contributed by atoms with van der Waals surface area (Å²) < 4.78 is 51.4. The van der Waals surface area contributed by atoms with Crippen molar-refractivity contribution in [3.8, 4) is 0 Å². The molecular weight excluding hydrogens is 867 g/mol. The first kappa shape index (κ1) is 29.3. The van der Waals surface area contributed by atoms with Crippen molar-refractivity contribution < 1.29 is 24.6 Å². The Hall–Kier alpha value is 3.64. The molecule has 0 amide bonds. The Balaban J connectivity index is -0.0000000171. The van der Waals surface area contributed by atoms with E-state index in [0.29, 0.717) is 0 Å². The van der Waals surface area contributed by atoms with E-state index in [1.165, 1.54) is 0 Å². The van der Waals surface area contributed by atoms with Gasteiger partial charge in [-0.3, -0.25) is 0 Å². The van der Waals surface area contributed by atoms with Gasteiger partial charge in [-0.05, 0) is 0 Å². The molecule has 0 atom stereocenters. The summed E-state index contributed by atoms with van der Waals surface area (Å²) in [4.78, 5) is 0. The second-order valence-corrected chi connectivity index (χ2v) is 2.32. The average molecular weight is 867 g/mol. The van der Waals surface area contributed by atoms with Crippen LogP contribution in [0, 0.1) is 0 Å². The minimum absolute atomic E-state index is 0. The fourth-order valence-electron chi connectivity index (χ4n) is 0. The van der Waals surface area contributed by atoms with Crippen LogP contribution in [0.1, 0.15) is 0 Å². The Kier molecular flexibility index (Phi) is 62.5. The molecule has 6 radical (unpaired) electrons. The van der Waals surface area contributed by atoms with Crippen LogP contribution in [0.2, 0.25) is 0 Å². The summed E-state index contributed by atoms with van der Waals surface area (Å²) in [6.07, 6.45) is 0. The predicted molar refractivity (Wildman–Crippen MR) is 28.8 cm³/mol. The van der Waals surface area contributed by atoms with Crippen molar-refractivity contribution in [2.75, 3.05) is 0 Å². The van der Waals surface area contributed by atoms with Gasteiger partial charge >= 0.3 is 138 Å². The molecule has 11 heteroatoms. The van der Waals surface area contributed by atoms with Crippen LogP contribution in [0.25, 0.3) is 0 Å². The molecule has 6 nitrogen and oxygen atoms in total. The fraction of sp³-hybridized carbons (Fsp3) is 0. The molecule has 0 aromatic rings. The molecule has 0 rings (SSSR count). The first-order valence-electron chi connectivity index (χ1n) is 1.10. The minimum atomic E-state index is -3.94. The third-order valence-electron chi connectivity index (χ3n) is 0. The topological polar surface area (TPSA) is 138 Å². The minimum Gasteiger partial charge on any atom is 2.00 e. The van der Waals surface area contributed by atoms with Crippen LogP contribution in [-0.2, 0) is 0 Å². The van der Waals surface area contributed by atoms with Gasteiger partial charge in [-0.25, -0.2) is 0 Å². The molecule has 0 heterocycles. The zero-order valence-electron chi connectivity index (χ0n) is 4.84. The summed E-state index contributed by atoms with van der Waals surface area (Å²) in [6, 6.07) is 0. The van der Waals surface area contributed by atoms with Gasteiger partial charge < -0.3 is 0 Å². The normalized spacial score (nSPS) is 6.55. The maximum absolute atomic E-state index is 8.56. The molecule has 0 spiro atoms. The van der Waals surface area contributed by atoms with Gasteiger partial charge in [0.2, 0.25) is 0 Å². The van der Waals surface area contributed by atoms with E-state index in [4.69, 9.17) is 24.6 Å². The smallest absolute Gasteiger partial charge is 2.00 e. The monoisotopic (exact) mass is 870 g/mol. The molecule has 0 saturated heterocycles. The van der Waals surface area contributed by atoms with Crippen molar-refractivity contribution in [2.24, 2.45) is 0 Å². The predicted octanol–water partition coefficient (Wildman–Crippen LogP) is -9.04. The van der Waals surface area contributed by atoms with E-state index in [-0.39, 0.29) is 81.9 Å². The van der Waals surface area contributed by atoms with Crippen molar-refractivity contribution in [3.63, 3.8) is 0 Å². The van der Waals surface area contributed by atoms with Crippen LogP contribution >= 0.6 is 0 Å². The first-order chi connectivity index (χ1) is 3.46. The third kappa shape index (κ3) is 139. The maximum atomic E-state index is 8.56. The number of rotatable bonds is 0. The zero-order valence-corrected chi connectivity index (χ0v) is 20.3. The molecule has 0 aromatic carbocycles. The van der Waals surface area contributed by atoms with E-state index in [1.54, 1.807) is 0 Å². The number of hydrogen-bond donors (Lipinski definition) is 0. The molecule has 11 heavy (non-hydrogen) atoms. The van der Waals surface area contributed by atoms with Crippen LogP contribution in [0.4, 0.5) is 0 Å².